The van der Waals surface area contributed by atoms with Gasteiger partial charge in [0.25, 0.3) is 5.91 Å². The summed E-state index contributed by atoms with van der Waals surface area (Å²) in [5.74, 6) is 1.48. The number of carbonyl (C=O) groups is 2. The Morgan fingerprint density at radius 2 is 1.73 bits per heavy atom. The van der Waals surface area contributed by atoms with Crippen molar-refractivity contribution in [3.05, 3.63) is 77.3 Å². The number of carbonyl (C=O) groups excluding carboxylic acids is 2. The third kappa shape index (κ3) is 4.64. The Balaban J connectivity index is 1.28. The number of benzene rings is 3. The summed E-state index contributed by atoms with van der Waals surface area (Å²) in [5, 5.41) is 5.79. The molecule has 0 aliphatic carbocycles. The van der Waals surface area contributed by atoms with E-state index in [2.05, 4.69) is 10.6 Å². The van der Waals surface area contributed by atoms with Gasteiger partial charge in [-0.1, -0.05) is 23.7 Å². The molecule has 0 radical (unpaired) electrons. The van der Waals surface area contributed by atoms with Gasteiger partial charge in [0.1, 0.15) is 11.5 Å². The molecule has 0 unspecified atom stereocenters. The molecule has 0 saturated carbocycles. The van der Waals surface area contributed by atoms with Crippen LogP contribution in [-0.4, -0.2) is 25.2 Å². The van der Waals surface area contributed by atoms with Gasteiger partial charge in [0.15, 0.2) is 11.5 Å². The average molecular weight is 425 g/mol. The van der Waals surface area contributed by atoms with Crippen LogP contribution in [-0.2, 0) is 4.79 Å². The largest absolute Gasteiger partial charge is 0.456 e. The number of rotatable bonds is 6. The molecule has 3 aromatic carbocycles. The Morgan fingerprint density at radius 3 is 2.53 bits per heavy atom. The van der Waals surface area contributed by atoms with E-state index in [0.717, 1.165) is 0 Å². The molecular formula is C22H17ClN2O5. The lowest BCUT2D eigenvalue weighted by Crippen LogP contribution is -2.32. The van der Waals surface area contributed by atoms with Crippen molar-refractivity contribution in [1.29, 1.82) is 0 Å². The van der Waals surface area contributed by atoms with Crippen molar-refractivity contribution in [1.82, 2.24) is 5.32 Å². The van der Waals surface area contributed by atoms with Crippen molar-refractivity contribution in [3.63, 3.8) is 0 Å². The van der Waals surface area contributed by atoms with Crippen LogP contribution in [0.3, 0.4) is 0 Å². The normalized spacial score (nSPS) is 11.6. The molecule has 2 N–H and O–H groups in total. The van der Waals surface area contributed by atoms with Gasteiger partial charge >= 0.3 is 0 Å². The molecule has 7 nitrogen and oxygen atoms in total. The van der Waals surface area contributed by atoms with Crippen LogP contribution in [0.5, 0.6) is 23.0 Å². The van der Waals surface area contributed by atoms with Crippen molar-refractivity contribution in [2.24, 2.45) is 0 Å². The van der Waals surface area contributed by atoms with E-state index in [9.17, 15) is 9.59 Å². The second kappa shape index (κ2) is 8.75. The fourth-order valence-electron chi connectivity index (χ4n) is 2.77. The SMILES string of the molecule is O=C(CNC(=O)c1ccc2c(c1)OCO2)Nc1ccc(Oc2ccccc2Cl)cc1. The first-order chi connectivity index (χ1) is 14.6. The summed E-state index contributed by atoms with van der Waals surface area (Å²) in [6.45, 7) is -0.0455. The topological polar surface area (TPSA) is 85.9 Å². The predicted octanol–water partition coefficient (Wildman–Crippen LogP) is 4.23. The number of anilines is 1. The number of hydrogen-bond donors (Lipinski definition) is 2. The summed E-state index contributed by atoms with van der Waals surface area (Å²) in [5.41, 5.74) is 0.956. The predicted molar refractivity (Wildman–Crippen MR) is 111 cm³/mol. The van der Waals surface area contributed by atoms with Gasteiger partial charge in [0.2, 0.25) is 12.7 Å². The van der Waals surface area contributed by atoms with Crippen molar-refractivity contribution in [2.45, 2.75) is 0 Å². The molecule has 30 heavy (non-hydrogen) atoms. The summed E-state index contributed by atoms with van der Waals surface area (Å²) in [6, 6.07) is 18.8. The standard InChI is InChI=1S/C22H17ClN2O5/c23-17-3-1-2-4-18(17)30-16-8-6-15(7-9-16)25-21(26)12-24-22(27)14-5-10-19-20(11-14)29-13-28-19/h1-11H,12-13H2,(H,24,27)(H,25,26). The van der Waals surface area contributed by atoms with Crippen molar-refractivity contribution < 1.29 is 23.8 Å². The zero-order valence-electron chi connectivity index (χ0n) is 15.7. The van der Waals surface area contributed by atoms with Crippen LogP contribution in [0.1, 0.15) is 10.4 Å². The third-order valence-corrected chi connectivity index (χ3v) is 4.56. The lowest BCUT2D eigenvalue weighted by atomic mass is 10.2. The molecule has 0 fully saturated rings. The zero-order valence-corrected chi connectivity index (χ0v) is 16.4. The number of fused-ring (bicyclic) bond motifs is 1. The summed E-state index contributed by atoms with van der Waals surface area (Å²) >= 11 is 6.08. The molecule has 1 heterocycles. The van der Waals surface area contributed by atoms with E-state index < -0.39 is 0 Å². The van der Waals surface area contributed by atoms with Gasteiger partial charge in [-0.05, 0) is 54.6 Å². The molecule has 3 aromatic rings. The molecule has 0 aromatic heterocycles. The minimum Gasteiger partial charge on any atom is -0.456 e. The van der Waals surface area contributed by atoms with Crippen LogP contribution in [0.15, 0.2) is 66.7 Å². The van der Waals surface area contributed by atoms with Crippen LogP contribution < -0.4 is 24.8 Å². The molecule has 0 saturated heterocycles. The number of nitrogens with one attached hydrogen (secondary N) is 2. The highest BCUT2D eigenvalue weighted by molar-refractivity contribution is 6.32. The molecule has 2 amide bonds. The van der Waals surface area contributed by atoms with Gasteiger partial charge in [-0.3, -0.25) is 9.59 Å². The zero-order chi connectivity index (χ0) is 20.9. The van der Waals surface area contributed by atoms with Gasteiger partial charge in [-0.15, -0.1) is 0 Å². The number of amides is 2. The maximum Gasteiger partial charge on any atom is 0.251 e. The summed E-state index contributed by atoms with van der Waals surface area (Å²) < 4.78 is 16.2. The third-order valence-electron chi connectivity index (χ3n) is 4.25. The number of ether oxygens (including phenoxy) is 3. The highest BCUT2D eigenvalue weighted by Gasteiger charge is 2.16. The molecule has 0 atom stereocenters. The van der Waals surface area contributed by atoms with Crippen molar-refractivity contribution in [2.75, 3.05) is 18.7 Å². The fraction of sp³-hybridized carbons (Fsp3) is 0.0909. The Labute approximate surface area is 177 Å². The Bertz CT molecular complexity index is 1090. The lowest BCUT2D eigenvalue weighted by Gasteiger charge is -2.10. The van der Waals surface area contributed by atoms with Gasteiger partial charge in [-0.2, -0.15) is 0 Å². The smallest absolute Gasteiger partial charge is 0.251 e. The summed E-state index contributed by atoms with van der Waals surface area (Å²) in [7, 11) is 0. The molecule has 8 heteroatoms. The quantitative estimate of drug-likeness (QED) is 0.618. The van der Waals surface area contributed by atoms with E-state index >= 15 is 0 Å². The van der Waals surface area contributed by atoms with E-state index in [-0.39, 0.29) is 25.2 Å². The number of halogens is 1. The van der Waals surface area contributed by atoms with Crippen LogP contribution in [0, 0.1) is 0 Å². The van der Waals surface area contributed by atoms with E-state index in [4.69, 9.17) is 25.8 Å². The number of para-hydroxylation sites is 1. The first kappa shape index (κ1) is 19.6. The van der Waals surface area contributed by atoms with E-state index in [1.165, 1.54) is 0 Å². The first-order valence-corrected chi connectivity index (χ1v) is 9.46. The maximum atomic E-state index is 12.2. The molecule has 0 bridgehead atoms. The molecule has 4 rings (SSSR count). The number of hydrogen-bond acceptors (Lipinski definition) is 5. The Morgan fingerprint density at radius 1 is 0.967 bits per heavy atom. The molecule has 1 aliphatic rings. The van der Waals surface area contributed by atoms with Gasteiger partial charge in [0, 0.05) is 11.3 Å². The van der Waals surface area contributed by atoms with E-state index in [0.29, 0.717) is 39.3 Å². The highest BCUT2D eigenvalue weighted by atomic mass is 35.5. The lowest BCUT2D eigenvalue weighted by molar-refractivity contribution is -0.115. The molecule has 0 spiro atoms. The van der Waals surface area contributed by atoms with E-state index in [1.807, 2.05) is 12.1 Å². The average Bonchev–Trinajstić information content (AvgIpc) is 3.23. The Hall–Kier alpha value is -3.71. The van der Waals surface area contributed by atoms with Crippen LogP contribution >= 0.6 is 11.6 Å². The van der Waals surface area contributed by atoms with Gasteiger partial charge in [0.05, 0.1) is 11.6 Å². The monoisotopic (exact) mass is 424 g/mol. The van der Waals surface area contributed by atoms with Crippen LogP contribution in [0.4, 0.5) is 5.69 Å². The fourth-order valence-corrected chi connectivity index (χ4v) is 2.94. The van der Waals surface area contributed by atoms with Gasteiger partial charge in [-0.25, -0.2) is 0 Å². The second-order valence-electron chi connectivity index (χ2n) is 6.36. The van der Waals surface area contributed by atoms with Crippen molar-refractivity contribution >= 4 is 29.1 Å². The van der Waals surface area contributed by atoms with Crippen LogP contribution in [0.2, 0.25) is 5.02 Å². The highest BCUT2D eigenvalue weighted by Crippen LogP contribution is 2.32. The van der Waals surface area contributed by atoms with E-state index in [1.54, 1.807) is 54.6 Å². The summed E-state index contributed by atoms with van der Waals surface area (Å²) in [4.78, 5) is 24.4. The van der Waals surface area contributed by atoms with Crippen molar-refractivity contribution in [3.8, 4) is 23.0 Å². The minimum absolute atomic E-state index is 0.130. The molecule has 152 valence electrons. The molecular weight excluding hydrogens is 408 g/mol. The van der Waals surface area contributed by atoms with Crippen LogP contribution in [0.25, 0.3) is 0 Å². The first-order valence-electron chi connectivity index (χ1n) is 9.08. The Kier molecular flexibility index (Phi) is 5.72. The maximum absolute atomic E-state index is 12.2. The minimum atomic E-state index is -0.382. The second-order valence-corrected chi connectivity index (χ2v) is 6.76. The summed E-state index contributed by atoms with van der Waals surface area (Å²) in [6.07, 6.45) is 0. The van der Waals surface area contributed by atoms with Gasteiger partial charge < -0.3 is 24.8 Å². The molecule has 1 aliphatic heterocycles.